The van der Waals surface area contributed by atoms with Crippen molar-refractivity contribution in [3.05, 3.63) is 33.9 Å². The Morgan fingerprint density at radius 3 is 2.68 bits per heavy atom. The predicted octanol–water partition coefficient (Wildman–Crippen LogP) is 3.07. The number of H-pyrrole nitrogens is 1. The minimum absolute atomic E-state index is 0.0372. The first-order valence-electron chi connectivity index (χ1n) is 7.26. The summed E-state index contributed by atoms with van der Waals surface area (Å²) in [6, 6.07) is 4.83. The maximum absolute atomic E-state index is 9.07. The molecule has 3 aromatic rings. The number of nitrogens with zero attached hydrogens (tertiary/aromatic N) is 4. The minimum Gasteiger partial charge on any atom is -0.394 e. The highest BCUT2D eigenvalue weighted by atomic mass is 35.5. The summed E-state index contributed by atoms with van der Waals surface area (Å²) in [5.41, 5.74) is 1.85. The summed E-state index contributed by atoms with van der Waals surface area (Å²) in [5, 5.41) is 24.5. The molecule has 4 N–H and O–H groups in total. The van der Waals surface area contributed by atoms with E-state index in [0.717, 1.165) is 0 Å². The molecule has 25 heavy (non-hydrogen) atoms. The quantitative estimate of drug-likeness (QED) is 0.538. The standard InChI is InChI=1S/C15H13Cl2N7O/c1-7(6-25)20-14-19-5-11-13(23-14)24-15(21-11)22-12-9(16)2-8(4-18)3-10(12)17/h2-3,5,7,25H,6H2,1H3,(H3,19,20,21,22,23,24)/t7-/m0/s1. The van der Waals surface area contributed by atoms with Gasteiger partial charge in [0.1, 0.15) is 5.52 Å². The maximum Gasteiger partial charge on any atom is 0.225 e. The van der Waals surface area contributed by atoms with Gasteiger partial charge in [0, 0.05) is 6.04 Å². The normalized spacial score (nSPS) is 12.0. The number of halogens is 2. The molecule has 2 heterocycles. The van der Waals surface area contributed by atoms with Crippen LogP contribution in [0.4, 0.5) is 17.6 Å². The Balaban J connectivity index is 1.89. The molecule has 0 aliphatic heterocycles. The van der Waals surface area contributed by atoms with E-state index < -0.39 is 0 Å². The van der Waals surface area contributed by atoms with E-state index in [0.29, 0.717) is 44.4 Å². The number of nitriles is 1. The van der Waals surface area contributed by atoms with E-state index >= 15 is 0 Å². The second-order valence-electron chi connectivity index (χ2n) is 5.30. The van der Waals surface area contributed by atoms with Crippen LogP contribution in [0.15, 0.2) is 18.3 Å². The van der Waals surface area contributed by atoms with Crippen molar-refractivity contribution in [3.63, 3.8) is 0 Å². The van der Waals surface area contributed by atoms with Crippen LogP contribution in [0.3, 0.4) is 0 Å². The van der Waals surface area contributed by atoms with Gasteiger partial charge in [0.2, 0.25) is 11.9 Å². The number of rotatable bonds is 5. The summed E-state index contributed by atoms with van der Waals surface area (Å²) in [6.07, 6.45) is 1.58. The number of hydrogen-bond donors (Lipinski definition) is 4. The molecule has 0 saturated heterocycles. The fraction of sp³-hybridized carbons (Fsp3) is 0.200. The van der Waals surface area contributed by atoms with Gasteiger partial charge in [-0.3, -0.25) is 0 Å². The van der Waals surface area contributed by atoms with Gasteiger partial charge >= 0.3 is 0 Å². The number of fused-ring (bicyclic) bond motifs is 1. The summed E-state index contributed by atoms with van der Waals surface area (Å²) in [4.78, 5) is 15.8. The van der Waals surface area contributed by atoms with Crippen LogP contribution in [0.1, 0.15) is 12.5 Å². The Kier molecular flexibility index (Phi) is 4.90. The average Bonchev–Trinajstić information content (AvgIpc) is 2.99. The molecule has 0 radical (unpaired) electrons. The van der Waals surface area contributed by atoms with E-state index in [9.17, 15) is 0 Å². The van der Waals surface area contributed by atoms with Crippen LogP contribution >= 0.6 is 23.2 Å². The lowest BCUT2D eigenvalue weighted by Gasteiger charge is -2.09. The summed E-state index contributed by atoms with van der Waals surface area (Å²) in [5.74, 6) is 0.742. The Bertz CT molecular complexity index is 943. The second kappa shape index (κ2) is 7.11. The van der Waals surface area contributed by atoms with E-state index in [4.69, 9.17) is 33.6 Å². The van der Waals surface area contributed by atoms with Gasteiger partial charge in [0.05, 0.1) is 40.2 Å². The van der Waals surface area contributed by atoms with Gasteiger partial charge in [-0.2, -0.15) is 15.2 Å². The fourth-order valence-corrected chi connectivity index (χ4v) is 2.66. The zero-order valence-electron chi connectivity index (χ0n) is 13.0. The Morgan fingerprint density at radius 2 is 2.04 bits per heavy atom. The number of aliphatic hydroxyl groups is 1. The number of anilines is 3. The molecule has 0 saturated carbocycles. The molecular weight excluding hydrogens is 365 g/mol. The molecule has 8 nitrogen and oxygen atoms in total. The van der Waals surface area contributed by atoms with Crippen molar-refractivity contribution in [2.75, 3.05) is 17.2 Å². The average molecular weight is 378 g/mol. The number of aromatic nitrogens is 4. The molecule has 0 unspecified atom stereocenters. The van der Waals surface area contributed by atoms with Crippen molar-refractivity contribution in [2.24, 2.45) is 0 Å². The third-order valence-corrected chi connectivity index (χ3v) is 3.90. The van der Waals surface area contributed by atoms with Gasteiger partial charge in [-0.15, -0.1) is 0 Å². The number of aromatic amines is 1. The largest absolute Gasteiger partial charge is 0.394 e. The Labute approximate surface area is 152 Å². The number of imidazole rings is 1. The molecule has 0 bridgehead atoms. The van der Waals surface area contributed by atoms with Gasteiger partial charge in [-0.1, -0.05) is 23.2 Å². The second-order valence-corrected chi connectivity index (χ2v) is 6.11. The first kappa shape index (κ1) is 17.2. The van der Waals surface area contributed by atoms with Crippen LogP contribution in [-0.4, -0.2) is 37.7 Å². The lowest BCUT2D eigenvalue weighted by molar-refractivity contribution is 0.281. The first-order valence-corrected chi connectivity index (χ1v) is 8.02. The van der Waals surface area contributed by atoms with Crippen LogP contribution in [-0.2, 0) is 0 Å². The Morgan fingerprint density at radius 1 is 1.32 bits per heavy atom. The topological polar surface area (TPSA) is 123 Å². The van der Waals surface area contributed by atoms with E-state index in [1.807, 2.05) is 6.07 Å². The minimum atomic E-state index is -0.176. The summed E-state index contributed by atoms with van der Waals surface area (Å²) in [6.45, 7) is 1.77. The van der Waals surface area contributed by atoms with Gasteiger partial charge in [-0.05, 0) is 19.1 Å². The van der Waals surface area contributed by atoms with Gasteiger partial charge in [0.25, 0.3) is 0 Å². The highest BCUT2D eigenvalue weighted by molar-refractivity contribution is 6.39. The fourth-order valence-electron chi connectivity index (χ4n) is 2.08. The van der Waals surface area contributed by atoms with Crippen molar-refractivity contribution in [1.82, 2.24) is 19.9 Å². The molecule has 3 rings (SSSR count). The SMILES string of the molecule is C[C@@H](CO)Nc1ncc2[nH]c(Nc3c(Cl)cc(C#N)cc3Cl)nc2n1. The zero-order chi connectivity index (χ0) is 18.0. The number of benzene rings is 1. The molecule has 128 valence electrons. The molecule has 10 heteroatoms. The molecule has 1 aromatic carbocycles. The van der Waals surface area contributed by atoms with Crippen molar-refractivity contribution in [1.29, 1.82) is 5.26 Å². The highest BCUT2D eigenvalue weighted by Gasteiger charge is 2.12. The van der Waals surface area contributed by atoms with Crippen molar-refractivity contribution in [2.45, 2.75) is 13.0 Å². The lowest BCUT2D eigenvalue weighted by atomic mass is 10.2. The maximum atomic E-state index is 9.07. The van der Waals surface area contributed by atoms with E-state index in [-0.39, 0.29) is 12.6 Å². The monoisotopic (exact) mass is 377 g/mol. The third kappa shape index (κ3) is 3.74. The molecule has 2 aromatic heterocycles. The van der Waals surface area contributed by atoms with Crippen LogP contribution in [0.5, 0.6) is 0 Å². The highest BCUT2D eigenvalue weighted by Crippen LogP contribution is 2.33. The first-order chi connectivity index (χ1) is 12.0. The Hall–Kier alpha value is -2.60. The van der Waals surface area contributed by atoms with Gasteiger partial charge in [0.15, 0.2) is 5.65 Å². The third-order valence-electron chi connectivity index (χ3n) is 3.30. The van der Waals surface area contributed by atoms with Crippen molar-refractivity contribution < 1.29 is 5.11 Å². The molecule has 0 aliphatic rings. The molecule has 0 aliphatic carbocycles. The molecule has 0 spiro atoms. The van der Waals surface area contributed by atoms with Gasteiger partial charge in [-0.25, -0.2) is 4.98 Å². The van der Waals surface area contributed by atoms with Crippen molar-refractivity contribution in [3.8, 4) is 6.07 Å². The number of aliphatic hydroxyl groups excluding tert-OH is 1. The lowest BCUT2D eigenvalue weighted by Crippen LogP contribution is -2.20. The smallest absolute Gasteiger partial charge is 0.225 e. The molecule has 0 amide bonds. The van der Waals surface area contributed by atoms with Crippen LogP contribution in [0, 0.1) is 11.3 Å². The van der Waals surface area contributed by atoms with E-state index in [2.05, 4.69) is 30.6 Å². The van der Waals surface area contributed by atoms with Crippen LogP contribution in [0.25, 0.3) is 11.2 Å². The zero-order valence-corrected chi connectivity index (χ0v) is 14.5. The van der Waals surface area contributed by atoms with Crippen molar-refractivity contribution >= 4 is 51.9 Å². The summed E-state index contributed by atoms with van der Waals surface area (Å²) >= 11 is 12.3. The molecule has 1 atom stereocenters. The van der Waals surface area contributed by atoms with E-state index in [1.165, 1.54) is 12.1 Å². The summed E-state index contributed by atoms with van der Waals surface area (Å²) < 4.78 is 0. The summed E-state index contributed by atoms with van der Waals surface area (Å²) in [7, 11) is 0. The van der Waals surface area contributed by atoms with Gasteiger partial charge < -0.3 is 20.7 Å². The molecular formula is C15H13Cl2N7O. The van der Waals surface area contributed by atoms with E-state index in [1.54, 1.807) is 13.1 Å². The van der Waals surface area contributed by atoms with Crippen LogP contribution < -0.4 is 10.6 Å². The number of hydrogen-bond acceptors (Lipinski definition) is 7. The molecule has 0 fully saturated rings. The van der Waals surface area contributed by atoms with Crippen LogP contribution in [0.2, 0.25) is 10.0 Å². The predicted molar refractivity (Wildman–Crippen MR) is 96.3 cm³/mol. The number of nitrogens with one attached hydrogen (secondary N) is 3.